The fraction of sp³-hybridized carbons (Fsp3) is 0.273. The van der Waals surface area contributed by atoms with Gasteiger partial charge in [-0.1, -0.05) is 18.2 Å². The van der Waals surface area contributed by atoms with Crippen molar-refractivity contribution in [2.45, 2.75) is 20.5 Å². The summed E-state index contributed by atoms with van der Waals surface area (Å²) < 4.78 is 0. The number of rotatable bonds is 1. The lowest BCUT2D eigenvalue weighted by atomic mass is 10.1. The zero-order chi connectivity index (χ0) is 9.42. The minimum Gasteiger partial charge on any atom is -0.390 e. The standard InChI is InChI=1S/C11H13NO/c1-7-4-3-5-9-8(2)10(6-13)12-11(7)9/h3-5,12-13H,6H2,1-2H3. The van der Waals surface area contributed by atoms with Gasteiger partial charge in [-0.05, 0) is 25.0 Å². The van der Waals surface area contributed by atoms with Gasteiger partial charge in [0, 0.05) is 16.6 Å². The van der Waals surface area contributed by atoms with Crippen molar-refractivity contribution < 1.29 is 5.11 Å². The van der Waals surface area contributed by atoms with E-state index in [0.717, 1.165) is 16.8 Å². The van der Waals surface area contributed by atoms with Crippen molar-refractivity contribution in [3.63, 3.8) is 0 Å². The van der Waals surface area contributed by atoms with E-state index < -0.39 is 0 Å². The third kappa shape index (κ3) is 1.14. The average molecular weight is 175 g/mol. The van der Waals surface area contributed by atoms with E-state index in [9.17, 15) is 0 Å². The summed E-state index contributed by atoms with van der Waals surface area (Å²) in [7, 11) is 0. The van der Waals surface area contributed by atoms with Crippen LogP contribution in [0.15, 0.2) is 18.2 Å². The van der Waals surface area contributed by atoms with Crippen LogP contribution in [0.5, 0.6) is 0 Å². The SMILES string of the molecule is Cc1c(CO)[nH]c2c(C)cccc12. The van der Waals surface area contributed by atoms with E-state index in [4.69, 9.17) is 5.11 Å². The van der Waals surface area contributed by atoms with Crippen LogP contribution in [-0.4, -0.2) is 10.1 Å². The van der Waals surface area contributed by atoms with Crippen molar-refractivity contribution in [2.75, 3.05) is 0 Å². The van der Waals surface area contributed by atoms with Crippen LogP contribution in [0.4, 0.5) is 0 Å². The summed E-state index contributed by atoms with van der Waals surface area (Å²) >= 11 is 0. The second kappa shape index (κ2) is 2.89. The summed E-state index contributed by atoms with van der Waals surface area (Å²) in [5.74, 6) is 0. The Kier molecular flexibility index (Phi) is 1.85. The molecule has 0 aliphatic carbocycles. The molecule has 2 heteroatoms. The number of aliphatic hydroxyl groups excluding tert-OH is 1. The first-order chi connectivity index (χ1) is 6.24. The van der Waals surface area contributed by atoms with Gasteiger partial charge in [-0.25, -0.2) is 0 Å². The highest BCUT2D eigenvalue weighted by atomic mass is 16.3. The van der Waals surface area contributed by atoms with Crippen LogP contribution in [0.3, 0.4) is 0 Å². The Morgan fingerprint density at radius 3 is 2.69 bits per heavy atom. The lowest BCUT2D eigenvalue weighted by molar-refractivity contribution is 0.277. The average Bonchev–Trinajstić information content (AvgIpc) is 2.45. The van der Waals surface area contributed by atoms with E-state index in [1.807, 2.05) is 13.0 Å². The van der Waals surface area contributed by atoms with Gasteiger partial charge in [-0.2, -0.15) is 0 Å². The third-order valence-corrected chi connectivity index (χ3v) is 2.56. The van der Waals surface area contributed by atoms with Gasteiger partial charge in [0.05, 0.1) is 6.61 Å². The molecule has 0 spiro atoms. The van der Waals surface area contributed by atoms with Gasteiger partial charge in [0.25, 0.3) is 0 Å². The van der Waals surface area contributed by atoms with Crippen molar-refractivity contribution in [1.29, 1.82) is 0 Å². The summed E-state index contributed by atoms with van der Waals surface area (Å²) in [5.41, 5.74) is 4.44. The molecule has 0 unspecified atom stereocenters. The van der Waals surface area contributed by atoms with Crippen molar-refractivity contribution in [1.82, 2.24) is 4.98 Å². The smallest absolute Gasteiger partial charge is 0.0833 e. The Morgan fingerprint density at radius 2 is 2.08 bits per heavy atom. The first-order valence-electron chi connectivity index (χ1n) is 4.41. The van der Waals surface area contributed by atoms with Crippen LogP contribution >= 0.6 is 0 Å². The molecule has 1 aromatic carbocycles. The lowest BCUT2D eigenvalue weighted by Crippen LogP contribution is -1.84. The fourth-order valence-electron chi connectivity index (χ4n) is 1.71. The Hall–Kier alpha value is -1.28. The molecule has 1 heterocycles. The maximum absolute atomic E-state index is 9.08. The number of benzene rings is 1. The van der Waals surface area contributed by atoms with Gasteiger partial charge in [0.15, 0.2) is 0 Å². The molecule has 0 bridgehead atoms. The molecule has 0 aliphatic rings. The minimum atomic E-state index is 0.0833. The number of aryl methyl sites for hydroxylation is 2. The van der Waals surface area contributed by atoms with Gasteiger partial charge < -0.3 is 10.1 Å². The molecular formula is C11H13NO. The van der Waals surface area contributed by atoms with Gasteiger partial charge in [0.2, 0.25) is 0 Å². The molecule has 68 valence electrons. The molecular weight excluding hydrogens is 162 g/mol. The quantitative estimate of drug-likeness (QED) is 0.685. The Labute approximate surface area is 77.2 Å². The molecule has 0 saturated heterocycles. The van der Waals surface area contributed by atoms with E-state index >= 15 is 0 Å². The van der Waals surface area contributed by atoms with Crippen molar-refractivity contribution in [3.8, 4) is 0 Å². The normalized spacial score (nSPS) is 11.0. The predicted molar refractivity (Wildman–Crippen MR) is 53.7 cm³/mol. The second-order valence-corrected chi connectivity index (χ2v) is 3.38. The predicted octanol–water partition coefficient (Wildman–Crippen LogP) is 2.28. The maximum Gasteiger partial charge on any atom is 0.0833 e. The number of fused-ring (bicyclic) bond motifs is 1. The van der Waals surface area contributed by atoms with Crippen molar-refractivity contribution in [2.24, 2.45) is 0 Å². The number of nitrogens with one attached hydrogen (secondary N) is 1. The molecule has 0 fully saturated rings. The summed E-state index contributed by atoms with van der Waals surface area (Å²) in [6, 6.07) is 6.19. The number of aromatic amines is 1. The highest BCUT2D eigenvalue weighted by Crippen LogP contribution is 2.23. The molecule has 2 aromatic rings. The summed E-state index contributed by atoms with van der Waals surface area (Å²) in [5, 5.41) is 10.3. The molecule has 0 saturated carbocycles. The van der Waals surface area contributed by atoms with Gasteiger partial charge in [0.1, 0.15) is 0 Å². The van der Waals surface area contributed by atoms with Gasteiger partial charge in [-0.15, -0.1) is 0 Å². The van der Waals surface area contributed by atoms with Gasteiger partial charge in [-0.3, -0.25) is 0 Å². The monoisotopic (exact) mass is 175 g/mol. The number of aliphatic hydroxyl groups is 1. The first kappa shape index (κ1) is 8.32. The number of hydrogen-bond donors (Lipinski definition) is 2. The molecule has 1 aromatic heterocycles. The molecule has 2 rings (SSSR count). The molecule has 0 aliphatic heterocycles. The molecule has 2 nitrogen and oxygen atoms in total. The Balaban J connectivity index is 2.83. The van der Waals surface area contributed by atoms with E-state index in [1.165, 1.54) is 10.9 Å². The molecule has 0 atom stereocenters. The number of aromatic nitrogens is 1. The number of H-pyrrole nitrogens is 1. The summed E-state index contributed by atoms with van der Waals surface area (Å²) in [4.78, 5) is 3.23. The highest BCUT2D eigenvalue weighted by Gasteiger charge is 2.06. The topological polar surface area (TPSA) is 36.0 Å². The molecule has 0 radical (unpaired) electrons. The fourth-order valence-corrected chi connectivity index (χ4v) is 1.71. The van der Waals surface area contributed by atoms with Crippen molar-refractivity contribution >= 4 is 10.9 Å². The van der Waals surface area contributed by atoms with Gasteiger partial charge >= 0.3 is 0 Å². The largest absolute Gasteiger partial charge is 0.390 e. The maximum atomic E-state index is 9.08. The second-order valence-electron chi connectivity index (χ2n) is 3.38. The Bertz CT molecular complexity index is 443. The van der Waals surface area contributed by atoms with E-state index in [2.05, 4.69) is 24.0 Å². The van der Waals surface area contributed by atoms with Crippen LogP contribution in [0.1, 0.15) is 16.8 Å². The first-order valence-corrected chi connectivity index (χ1v) is 4.41. The minimum absolute atomic E-state index is 0.0833. The van der Waals surface area contributed by atoms with E-state index in [1.54, 1.807) is 0 Å². The van der Waals surface area contributed by atoms with E-state index in [-0.39, 0.29) is 6.61 Å². The van der Waals surface area contributed by atoms with Crippen LogP contribution in [0.2, 0.25) is 0 Å². The van der Waals surface area contributed by atoms with Crippen molar-refractivity contribution in [3.05, 3.63) is 35.0 Å². The molecule has 13 heavy (non-hydrogen) atoms. The van der Waals surface area contributed by atoms with Crippen LogP contribution < -0.4 is 0 Å². The summed E-state index contributed by atoms with van der Waals surface area (Å²) in [6.07, 6.45) is 0. The third-order valence-electron chi connectivity index (χ3n) is 2.56. The highest BCUT2D eigenvalue weighted by molar-refractivity contribution is 5.86. The van der Waals surface area contributed by atoms with Crippen LogP contribution in [-0.2, 0) is 6.61 Å². The lowest BCUT2D eigenvalue weighted by Gasteiger charge is -1.94. The number of para-hydroxylation sites is 1. The Morgan fingerprint density at radius 1 is 1.31 bits per heavy atom. The zero-order valence-corrected chi connectivity index (χ0v) is 7.89. The molecule has 2 N–H and O–H groups in total. The number of hydrogen-bond acceptors (Lipinski definition) is 1. The van der Waals surface area contributed by atoms with E-state index in [0.29, 0.717) is 0 Å². The summed E-state index contributed by atoms with van der Waals surface area (Å²) in [6.45, 7) is 4.18. The zero-order valence-electron chi connectivity index (χ0n) is 7.89. The van der Waals surface area contributed by atoms with Crippen LogP contribution in [0, 0.1) is 13.8 Å². The van der Waals surface area contributed by atoms with Crippen LogP contribution in [0.25, 0.3) is 10.9 Å². The molecule has 0 amide bonds.